The zero-order chi connectivity index (χ0) is 27.4. The Morgan fingerprint density at radius 3 is 2.26 bits per heavy atom. The molecule has 1 N–H and O–H groups in total. The molecule has 2 atom stereocenters. The van der Waals surface area contributed by atoms with Gasteiger partial charge in [-0.25, -0.2) is 14.8 Å². The lowest BCUT2D eigenvalue weighted by molar-refractivity contribution is -0.187. The van der Waals surface area contributed by atoms with E-state index in [2.05, 4.69) is 5.32 Å². The largest absolute Gasteiger partial charge is 0.497 e. The molecule has 9 heteroatoms. The first-order valence-electron chi connectivity index (χ1n) is 13.1. The van der Waals surface area contributed by atoms with Crippen LogP contribution in [-0.2, 0) is 22.6 Å². The van der Waals surface area contributed by atoms with Gasteiger partial charge in [-0.15, -0.1) is 0 Å². The third kappa shape index (κ3) is 5.58. The van der Waals surface area contributed by atoms with E-state index in [1.807, 2.05) is 84.9 Å². The van der Waals surface area contributed by atoms with Crippen molar-refractivity contribution in [3.05, 3.63) is 102 Å². The number of urea groups is 1. The Morgan fingerprint density at radius 1 is 0.923 bits per heavy atom. The third-order valence-corrected chi connectivity index (χ3v) is 7.27. The maximum atomic E-state index is 13.9. The summed E-state index contributed by atoms with van der Waals surface area (Å²) >= 11 is 0. The summed E-state index contributed by atoms with van der Waals surface area (Å²) < 4.78 is 5.26. The van der Waals surface area contributed by atoms with Gasteiger partial charge in [-0.1, -0.05) is 72.8 Å². The average molecular weight is 528 g/mol. The Hall–Kier alpha value is -4.37. The fraction of sp³-hybridized carbons (Fsp3) is 0.300. The van der Waals surface area contributed by atoms with Crippen LogP contribution in [0.4, 0.5) is 4.79 Å². The zero-order valence-corrected chi connectivity index (χ0v) is 22.2. The Labute approximate surface area is 228 Å². The van der Waals surface area contributed by atoms with Crippen LogP contribution < -0.4 is 10.1 Å². The minimum atomic E-state index is -0.813. The van der Waals surface area contributed by atoms with Crippen LogP contribution in [0.1, 0.15) is 22.7 Å². The number of nitrogens with one attached hydrogen (secondary N) is 1. The number of hydrogen-bond donors (Lipinski definition) is 1. The van der Waals surface area contributed by atoms with Gasteiger partial charge in [0.05, 0.1) is 20.2 Å². The SMILES string of the molecule is COc1ccc(CCN2C[C@H]3N(C(=O)CN(C)N3C(=O)NCc3ccccc3)[C@@H](c3ccccc3)C2=O)cc1. The molecule has 0 spiro atoms. The minimum absolute atomic E-state index is 0.00226. The predicted molar refractivity (Wildman–Crippen MR) is 146 cm³/mol. The fourth-order valence-corrected chi connectivity index (χ4v) is 5.27. The van der Waals surface area contributed by atoms with E-state index in [1.165, 1.54) is 0 Å². The van der Waals surface area contributed by atoms with Crippen molar-refractivity contribution in [3.8, 4) is 5.75 Å². The number of piperazine rings is 1. The Balaban J connectivity index is 1.42. The molecule has 9 nitrogen and oxygen atoms in total. The molecule has 0 unspecified atom stereocenters. The molecule has 2 aliphatic heterocycles. The van der Waals surface area contributed by atoms with Crippen LogP contribution in [0.3, 0.4) is 0 Å². The van der Waals surface area contributed by atoms with Gasteiger partial charge < -0.3 is 19.9 Å². The van der Waals surface area contributed by atoms with E-state index in [-0.39, 0.29) is 30.9 Å². The third-order valence-electron chi connectivity index (χ3n) is 7.27. The van der Waals surface area contributed by atoms with E-state index in [4.69, 9.17) is 4.74 Å². The molecule has 2 aliphatic rings. The molecule has 3 aromatic carbocycles. The molecule has 39 heavy (non-hydrogen) atoms. The number of methoxy groups -OCH3 is 1. The number of hydrazine groups is 1. The summed E-state index contributed by atoms with van der Waals surface area (Å²) in [5, 5.41) is 6.21. The number of likely N-dealkylation sites (N-methyl/N-ethyl adjacent to an activating group) is 1. The van der Waals surface area contributed by atoms with Gasteiger partial charge in [0, 0.05) is 20.1 Å². The second-order valence-electron chi connectivity index (χ2n) is 9.78. The van der Waals surface area contributed by atoms with E-state index in [0.717, 1.165) is 22.4 Å². The lowest BCUT2D eigenvalue weighted by atomic mass is 9.98. The number of carbonyl (C=O) groups excluding carboxylic acids is 3. The number of rotatable bonds is 7. The molecule has 0 saturated carbocycles. The van der Waals surface area contributed by atoms with Crippen molar-refractivity contribution in [2.45, 2.75) is 25.2 Å². The minimum Gasteiger partial charge on any atom is -0.497 e. The van der Waals surface area contributed by atoms with Gasteiger partial charge in [0.25, 0.3) is 0 Å². The van der Waals surface area contributed by atoms with Gasteiger partial charge in [0.1, 0.15) is 18.0 Å². The fourth-order valence-electron chi connectivity index (χ4n) is 5.27. The summed E-state index contributed by atoms with van der Waals surface area (Å²) in [6.07, 6.45) is -0.0145. The lowest BCUT2D eigenvalue weighted by Crippen LogP contribution is -2.73. The second kappa shape index (κ2) is 11.6. The van der Waals surface area contributed by atoms with E-state index in [1.54, 1.807) is 34.0 Å². The molecule has 3 aromatic rings. The highest BCUT2D eigenvalue weighted by atomic mass is 16.5. The standard InChI is InChI=1S/C30H33N5O4/c1-32-21-27(36)34-26(35(32)30(38)31-19-23-9-5-3-6-10-23)20-33(18-17-22-13-15-25(39-2)16-14-22)29(37)28(34)24-11-7-4-8-12-24/h3-16,26,28H,17-21H2,1-2H3,(H,31,38)/t26-,28-/m0/s1. The smallest absolute Gasteiger partial charge is 0.334 e. The van der Waals surface area contributed by atoms with Crippen molar-refractivity contribution in [3.63, 3.8) is 0 Å². The van der Waals surface area contributed by atoms with Crippen molar-refractivity contribution in [2.24, 2.45) is 0 Å². The van der Waals surface area contributed by atoms with Crippen LogP contribution in [0, 0.1) is 0 Å². The molecular weight excluding hydrogens is 494 g/mol. The molecule has 2 heterocycles. The van der Waals surface area contributed by atoms with Gasteiger partial charge in [0.2, 0.25) is 11.8 Å². The Kier molecular flexibility index (Phi) is 7.79. The van der Waals surface area contributed by atoms with E-state index < -0.39 is 12.2 Å². The number of fused-ring (bicyclic) bond motifs is 1. The maximum absolute atomic E-state index is 13.9. The second-order valence-corrected chi connectivity index (χ2v) is 9.78. The van der Waals surface area contributed by atoms with Crippen LogP contribution in [-0.4, -0.2) is 77.6 Å². The molecule has 0 radical (unpaired) electrons. The summed E-state index contributed by atoms with van der Waals surface area (Å²) in [5.74, 6) is 0.439. The normalized spacial score (nSPS) is 19.6. The average Bonchev–Trinajstić information content (AvgIpc) is 2.96. The first-order valence-corrected chi connectivity index (χ1v) is 13.1. The Morgan fingerprint density at radius 2 is 1.59 bits per heavy atom. The van der Waals surface area contributed by atoms with Gasteiger partial charge in [-0.2, -0.15) is 0 Å². The van der Waals surface area contributed by atoms with Gasteiger partial charge in [-0.05, 0) is 35.2 Å². The molecule has 0 bridgehead atoms. The molecule has 5 rings (SSSR count). The van der Waals surface area contributed by atoms with Gasteiger partial charge >= 0.3 is 6.03 Å². The predicted octanol–water partition coefficient (Wildman–Crippen LogP) is 3.05. The van der Waals surface area contributed by atoms with Crippen molar-refractivity contribution in [2.75, 3.05) is 33.8 Å². The van der Waals surface area contributed by atoms with E-state index >= 15 is 0 Å². The van der Waals surface area contributed by atoms with Gasteiger partial charge in [-0.3, -0.25) is 9.59 Å². The van der Waals surface area contributed by atoms with Crippen LogP contribution >= 0.6 is 0 Å². The van der Waals surface area contributed by atoms with Crippen LogP contribution in [0.5, 0.6) is 5.75 Å². The lowest BCUT2D eigenvalue weighted by Gasteiger charge is -2.54. The molecule has 0 aromatic heterocycles. The highest BCUT2D eigenvalue weighted by molar-refractivity contribution is 5.92. The van der Waals surface area contributed by atoms with Crippen molar-refractivity contribution < 1.29 is 19.1 Å². The first-order chi connectivity index (χ1) is 19.0. The Bertz CT molecular complexity index is 1300. The quantitative estimate of drug-likeness (QED) is 0.511. The van der Waals surface area contributed by atoms with E-state index in [9.17, 15) is 14.4 Å². The number of carbonyl (C=O) groups is 3. The summed E-state index contributed by atoms with van der Waals surface area (Å²) in [5.41, 5.74) is 2.77. The number of ether oxygens (including phenoxy) is 1. The molecule has 2 saturated heterocycles. The van der Waals surface area contributed by atoms with E-state index in [0.29, 0.717) is 19.5 Å². The maximum Gasteiger partial charge on any atom is 0.334 e. The first kappa shape index (κ1) is 26.2. The summed E-state index contributed by atoms with van der Waals surface area (Å²) in [6.45, 7) is 1.02. The number of amides is 4. The highest BCUT2D eigenvalue weighted by Gasteiger charge is 2.51. The van der Waals surface area contributed by atoms with Crippen LogP contribution in [0.25, 0.3) is 0 Å². The molecule has 202 valence electrons. The van der Waals surface area contributed by atoms with Crippen LogP contribution in [0.2, 0.25) is 0 Å². The molecule has 2 fully saturated rings. The summed E-state index contributed by atoms with van der Waals surface area (Å²) in [6, 6.07) is 25.6. The number of hydrogen-bond acceptors (Lipinski definition) is 5. The number of nitrogens with zero attached hydrogens (tertiary/aromatic N) is 4. The monoisotopic (exact) mass is 527 g/mol. The summed E-state index contributed by atoms with van der Waals surface area (Å²) in [4.78, 5) is 44.2. The van der Waals surface area contributed by atoms with Crippen molar-refractivity contribution in [1.82, 2.24) is 25.1 Å². The zero-order valence-electron chi connectivity index (χ0n) is 22.2. The van der Waals surface area contributed by atoms with Crippen LogP contribution in [0.15, 0.2) is 84.9 Å². The highest BCUT2D eigenvalue weighted by Crippen LogP contribution is 2.34. The molecular formula is C30H33N5O4. The summed E-state index contributed by atoms with van der Waals surface area (Å²) in [7, 11) is 3.36. The van der Waals surface area contributed by atoms with Crippen molar-refractivity contribution >= 4 is 17.8 Å². The number of benzene rings is 3. The van der Waals surface area contributed by atoms with Crippen molar-refractivity contribution in [1.29, 1.82) is 0 Å². The van der Waals surface area contributed by atoms with Gasteiger partial charge in [0.15, 0.2) is 0 Å². The topological polar surface area (TPSA) is 85.4 Å². The molecule has 4 amide bonds. The molecule has 0 aliphatic carbocycles.